The minimum absolute atomic E-state index is 0.0253. The Kier molecular flexibility index (Phi) is 6.41. The minimum Gasteiger partial charge on any atom is -0.508 e. The summed E-state index contributed by atoms with van der Waals surface area (Å²) in [5.41, 5.74) is 0. The van der Waals surface area contributed by atoms with Crippen molar-refractivity contribution in [3.63, 3.8) is 0 Å². The summed E-state index contributed by atoms with van der Waals surface area (Å²) >= 11 is 0. The van der Waals surface area contributed by atoms with Crippen LogP contribution in [0.15, 0.2) is 29.2 Å². The van der Waals surface area contributed by atoms with Gasteiger partial charge in [-0.05, 0) is 31.2 Å². The summed E-state index contributed by atoms with van der Waals surface area (Å²) in [6, 6.07) is 5.15. The molecular weight excluding hydrogens is 282 g/mol. The summed E-state index contributed by atoms with van der Waals surface area (Å²) in [4.78, 5) is 0.134. The van der Waals surface area contributed by atoms with Gasteiger partial charge in [0.1, 0.15) is 5.75 Å². The van der Waals surface area contributed by atoms with E-state index in [9.17, 15) is 13.5 Å². The van der Waals surface area contributed by atoms with Gasteiger partial charge in [0.05, 0.1) is 18.1 Å². The van der Waals surface area contributed by atoms with Crippen molar-refractivity contribution in [1.82, 2.24) is 4.31 Å². The molecule has 1 unspecified atom stereocenters. The van der Waals surface area contributed by atoms with Crippen LogP contribution in [-0.4, -0.2) is 57.8 Å². The smallest absolute Gasteiger partial charge is 0.243 e. The quantitative estimate of drug-likeness (QED) is 0.777. The number of ether oxygens (including phenoxy) is 2. The fraction of sp³-hybridized carbons (Fsp3) is 0.538. The SMILES string of the molecule is COCCN(C(C)COC)S(=O)(=O)c1ccc(O)cc1. The molecule has 0 saturated carbocycles. The zero-order chi connectivity index (χ0) is 15.2. The highest BCUT2D eigenvalue weighted by atomic mass is 32.2. The van der Waals surface area contributed by atoms with Crippen LogP contribution in [0.1, 0.15) is 6.92 Å². The maximum Gasteiger partial charge on any atom is 0.243 e. The van der Waals surface area contributed by atoms with Crippen molar-refractivity contribution < 1.29 is 23.0 Å². The molecule has 1 atom stereocenters. The van der Waals surface area contributed by atoms with Crippen molar-refractivity contribution in [3.05, 3.63) is 24.3 Å². The summed E-state index contributed by atoms with van der Waals surface area (Å²) in [6.45, 7) is 2.60. The summed E-state index contributed by atoms with van der Waals surface area (Å²) in [5.74, 6) is 0.0253. The first-order valence-corrected chi connectivity index (χ1v) is 7.66. The van der Waals surface area contributed by atoms with E-state index < -0.39 is 10.0 Å². The van der Waals surface area contributed by atoms with Gasteiger partial charge in [-0.1, -0.05) is 0 Å². The van der Waals surface area contributed by atoms with Crippen LogP contribution >= 0.6 is 0 Å². The number of aromatic hydroxyl groups is 1. The number of phenolic OH excluding ortho intramolecular Hbond substituents is 1. The molecule has 0 fully saturated rings. The van der Waals surface area contributed by atoms with Gasteiger partial charge in [-0.25, -0.2) is 8.42 Å². The van der Waals surface area contributed by atoms with E-state index in [4.69, 9.17) is 9.47 Å². The van der Waals surface area contributed by atoms with E-state index in [0.717, 1.165) is 0 Å². The minimum atomic E-state index is -3.65. The molecule has 0 radical (unpaired) electrons. The van der Waals surface area contributed by atoms with Gasteiger partial charge in [-0.2, -0.15) is 4.31 Å². The lowest BCUT2D eigenvalue weighted by Gasteiger charge is -2.27. The fourth-order valence-electron chi connectivity index (χ4n) is 1.84. The Balaban J connectivity index is 3.06. The van der Waals surface area contributed by atoms with Crippen LogP contribution in [0, 0.1) is 0 Å². The molecule has 0 aromatic heterocycles. The van der Waals surface area contributed by atoms with Gasteiger partial charge in [0, 0.05) is 26.8 Å². The first-order valence-electron chi connectivity index (χ1n) is 6.22. The Hall–Kier alpha value is -1.15. The predicted octanol–water partition coefficient (Wildman–Crippen LogP) is 1.06. The first kappa shape index (κ1) is 16.9. The van der Waals surface area contributed by atoms with Crippen LogP contribution in [0.5, 0.6) is 5.75 Å². The van der Waals surface area contributed by atoms with Gasteiger partial charge >= 0.3 is 0 Å². The number of hydrogen-bond acceptors (Lipinski definition) is 5. The van der Waals surface area contributed by atoms with Gasteiger partial charge in [0.15, 0.2) is 0 Å². The number of hydrogen-bond donors (Lipinski definition) is 1. The van der Waals surface area contributed by atoms with E-state index >= 15 is 0 Å². The topological polar surface area (TPSA) is 76.1 Å². The molecule has 0 heterocycles. The first-order chi connectivity index (χ1) is 9.43. The molecule has 114 valence electrons. The molecule has 1 N–H and O–H groups in total. The summed E-state index contributed by atoms with van der Waals surface area (Å²) in [5, 5.41) is 9.25. The molecule has 6 nitrogen and oxygen atoms in total. The van der Waals surface area contributed by atoms with Crippen LogP contribution in [0.25, 0.3) is 0 Å². The third-order valence-electron chi connectivity index (χ3n) is 2.86. The van der Waals surface area contributed by atoms with Gasteiger partial charge in [-0.3, -0.25) is 0 Å². The lowest BCUT2D eigenvalue weighted by atomic mass is 10.3. The van der Waals surface area contributed by atoms with Gasteiger partial charge in [0.2, 0.25) is 10.0 Å². The van der Waals surface area contributed by atoms with Crippen molar-refractivity contribution in [2.45, 2.75) is 17.9 Å². The normalized spacial score (nSPS) is 13.6. The Labute approximate surface area is 120 Å². The highest BCUT2D eigenvalue weighted by molar-refractivity contribution is 7.89. The fourth-order valence-corrected chi connectivity index (χ4v) is 3.44. The molecule has 0 bridgehead atoms. The second-order valence-corrected chi connectivity index (χ2v) is 6.30. The molecule has 1 rings (SSSR count). The van der Waals surface area contributed by atoms with E-state index in [2.05, 4.69) is 0 Å². The lowest BCUT2D eigenvalue weighted by Crippen LogP contribution is -2.42. The molecule has 0 aliphatic heterocycles. The lowest BCUT2D eigenvalue weighted by molar-refractivity contribution is 0.119. The van der Waals surface area contributed by atoms with Crippen molar-refractivity contribution in [2.75, 3.05) is 34.0 Å². The predicted molar refractivity (Wildman–Crippen MR) is 75.2 cm³/mol. The van der Waals surface area contributed by atoms with E-state index in [1.54, 1.807) is 6.92 Å². The number of methoxy groups -OCH3 is 2. The Morgan fingerprint density at radius 3 is 2.30 bits per heavy atom. The van der Waals surface area contributed by atoms with Gasteiger partial charge in [-0.15, -0.1) is 0 Å². The Bertz CT molecular complexity index is 500. The standard InChI is InChI=1S/C13H21NO5S/c1-11(10-19-3)14(8-9-18-2)20(16,17)13-6-4-12(15)5-7-13/h4-7,11,15H,8-10H2,1-3H3. The number of phenols is 1. The number of rotatable bonds is 8. The molecule has 0 amide bonds. The van der Waals surface area contributed by atoms with Crippen LogP contribution in [0.4, 0.5) is 0 Å². The molecule has 0 aliphatic carbocycles. The number of nitrogens with zero attached hydrogens (tertiary/aromatic N) is 1. The molecule has 7 heteroatoms. The van der Waals surface area contributed by atoms with E-state index in [1.807, 2.05) is 0 Å². The third-order valence-corrected chi connectivity index (χ3v) is 4.89. The van der Waals surface area contributed by atoms with Crippen molar-refractivity contribution in [1.29, 1.82) is 0 Å². The zero-order valence-corrected chi connectivity index (χ0v) is 12.8. The van der Waals surface area contributed by atoms with Crippen LogP contribution in [-0.2, 0) is 19.5 Å². The summed E-state index contributed by atoms with van der Waals surface area (Å²) < 4.78 is 36.5. The van der Waals surface area contributed by atoms with E-state index in [-0.39, 0.29) is 23.2 Å². The Morgan fingerprint density at radius 1 is 1.20 bits per heavy atom. The second kappa shape index (κ2) is 7.58. The molecular formula is C13H21NO5S. The van der Waals surface area contributed by atoms with Crippen LogP contribution < -0.4 is 0 Å². The molecule has 1 aromatic carbocycles. The number of sulfonamides is 1. The highest BCUT2D eigenvalue weighted by Crippen LogP contribution is 2.20. The van der Waals surface area contributed by atoms with Gasteiger partial charge < -0.3 is 14.6 Å². The zero-order valence-electron chi connectivity index (χ0n) is 11.9. The van der Waals surface area contributed by atoms with Crippen molar-refractivity contribution in [3.8, 4) is 5.75 Å². The molecule has 0 saturated heterocycles. The average Bonchev–Trinajstić information content (AvgIpc) is 2.39. The average molecular weight is 303 g/mol. The van der Waals surface area contributed by atoms with Gasteiger partial charge in [0.25, 0.3) is 0 Å². The second-order valence-electron chi connectivity index (χ2n) is 4.41. The Morgan fingerprint density at radius 2 is 1.80 bits per heavy atom. The maximum absolute atomic E-state index is 12.6. The maximum atomic E-state index is 12.6. The van der Waals surface area contributed by atoms with E-state index in [1.165, 1.54) is 42.8 Å². The third kappa shape index (κ3) is 4.17. The van der Waals surface area contributed by atoms with Crippen LogP contribution in [0.3, 0.4) is 0 Å². The monoisotopic (exact) mass is 303 g/mol. The van der Waals surface area contributed by atoms with Crippen molar-refractivity contribution >= 4 is 10.0 Å². The molecule has 20 heavy (non-hydrogen) atoms. The van der Waals surface area contributed by atoms with Crippen molar-refractivity contribution in [2.24, 2.45) is 0 Å². The molecule has 0 spiro atoms. The van der Waals surface area contributed by atoms with E-state index in [0.29, 0.717) is 13.2 Å². The summed E-state index contributed by atoms with van der Waals surface area (Å²) in [6.07, 6.45) is 0. The summed E-state index contributed by atoms with van der Waals surface area (Å²) in [7, 11) is -0.603. The highest BCUT2D eigenvalue weighted by Gasteiger charge is 2.28. The van der Waals surface area contributed by atoms with Crippen LogP contribution in [0.2, 0.25) is 0 Å². The number of benzene rings is 1. The molecule has 1 aromatic rings. The largest absolute Gasteiger partial charge is 0.508 e. The molecule has 0 aliphatic rings.